The molecular weight excluding hydrogens is 348 g/mol. The van der Waals surface area contributed by atoms with E-state index in [4.69, 9.17) is 11.6 Å². The molecule has 2 aromatic carbocycles. The summed E-state index contributed by atoms with van der Waals surface area (Å²) in [7, 11) is -3.89. The van der Waals surface area contributed by atoms with Crippen molar-refractivity contribution < 1.29 is 13.2 Å². The lowest BCUT2D eigenvalue weighted by Gasteiger charge is -2.05. The van der Waals surface area contributed by atoms with Gasteiger partial charge < -0.3 is 4.98 Å². The van der Waals surface area contributed by atoms with E-state index >= 15 is 0 Å². The van der Waals surface area contributed by atoms with E-state index in [1.54, 1.807) is 36.4 Å². The van der Waals surface area contributed by atoms with Gasteiger partial charge in [0.1, 0.15) is 0 Å². The van der Waals surface area contributed by atoms with E-state index < -0.39 is 10.0 Å². The van der Waals surface area contributed by atoms with E-state index in [1.165, 1.54) is 25.1 Å². The van der Waals surface area contributed by atoms with Crippen LogP contribution in [0.2, 0.25) is 5.02 Å². The standard InChI is InChI=1S/C17H13ClN2O3S/c1-11(21)15-10-17(14-8-7-12(18)9-16(14)19-15)20-24(22,23)13-5-3-2-4-6-13/h2-10H,1H3,(H,19,20). The Morgan fingerprint density at radius 3 is 2.46 bits per heavy atom. The number of H-pyrrole nitrogens is 1. The normalized spacial score (nSPS) is 12.5. The molecule has 122 valence electrons. The molecule has 1 N–H and O–H groups in total. The smallest absolute Gasteiger partial charge is 0.282 e. The topological polar surface area (TPSA) is 79.4 Å². The van der Waals surface area contributed by atoms with Gasteiger partial charge in [-0.15, -0.1) is 0 Å². The molecule has 0 spiro atoms. The second-order valence-corrected chi connectivity index (χ2v) is 7.23. The average Bonchev–Trinajstić information content (AvgIpc) is 2.54. The second kappa shape index (κ2) is 6.22. The van der Waals surface area contributed by atoms with Crippen molar-refractivity contribution in [3.8, 4) is 0 Å². The molecule has 0 aliphatic rings. The molecule has 0 aliphatic carbocycles. The molecule has 0 bridgehead atoms. The van der Waals surface area contributed by atoms with Crippen molar-refractivity contribution in [2.24, 2.45) is 4.40 Å². The molecule has 0 amide bonds. The Kier molecular flexibility index (Phi) is 4.26. The van der Waals surface area contributed by atoms with Crippen LogP contribution in [0.3, 0.4) is 0 Å². The van der Waals surface area contributed by atoms with Crippen molar-refractivity contribution in [1.29, 1.82) is 0 Å². The molecule has 0 unspecified atom stereocenters. The maximum absolute atomic E-state index is 12.5. The SMILES string of the molecule is CC(=O)c1c/c(=N/S(=O)(=O)c2ccccc2)c2ccc(Cl)cc2[nH]1. The van der Waals surface area contributed by atoms with Gasteiger partial charge in [-0.1, -0.05) is 29.8 Å². The Bertz CT molecular complexity index is 1100. The van der Waals surface area contributed by atoms with Crippen LogP contribution in [0.1, 0.15) is 17.4 Å². The Morgan fingerprint density at radius 1 is 1.08 bits per heavy atom. The predicted molar refractivity (Wildman–Crippen MR) is 92.5 cm³/mol. The highest BCUT2D eigenvalue weighted by Crippen LogP contribution is 2.17. The van der Waals surface area contributed by atoms with E-state index in [0.29, 0.717) is 15.9 Å². The van der Waals surface area contributed by atoms with Gasteiger partial charge in [0, 0.05) is 22.8 Å². The molecule has 24 heavy (non-hydrogen) atoms. The number of rotatable bonds is 3. The number of pyridine rings is 1. The fourth-order valence-corrected chi connectivity index (χ4v) is 3.47. The van der Waals surface area contributed by atoms with Gasteiger partial charge in [-0.05, 0) is 36.4 Å². The fourth-order valence-electron chi connectivity index (χ4n) is 2.28. The van der Waals surface area contributed by atoms with Crippen molar-refractivity contribution >= 4 is 38.3 Å². The summed E-state index contributed by atoms with van der Waals surface area (Å²) in [6.07, 6.45) is 0. The van der Waals surface area contributed by atoms with Gasteiger partial charge in [0.05, 0.1) is 15.9 Å². The molecule has 1 heterocycles. The molecule has 0 saturated carbocycles. The predicted octanol–water partition coefficient (Wildman–Crippen LogP) is 3.31. The summed E-state index contributed by atoms with van der Waals surface area (Å²) in [5.74, 6) is -0.231. The van der Waals surface area contributed by atoms with Crippen molar-refractivity contribution in [3.63, 3.8) is 0 Å². The molecule has 3 aromatic rings. The van der Waals surface area contributed by atoms with Crippen LogP contribution < -0.4 is 5.36 Å². The maximum Gasteiger partial charge on any atom is 0.282 e. The van der Waals surface area contributed by atoms with Gasteiger partial charge in [0.25, 0.3) is 10.0 Å². The van der Waals surface area contributed by atoms with Gasteiger partial charge in [0.2, 0.25) is 0 Å². The van der Waals surface area contributed by atoms with E-state index in [9.17, 15) is 13.2 Å². The third-order valence-electron chi connectivity index (χ3n) is 3.45. The summed E-state index contributed by atoms with van der Waals surface area (Å²) >= 11 is 5.98. The van der Waals surface area contributed by atoms with Crippen molar-refractivity contribution in [3.05, 3.63) is 70.7 Å². The molecule has 7 heteroatoms. The van der Waals surface area contributed by atoms with Crippen LogP contribution in [0.4, 0.5) is 0 Å². The average molecular weight is 361 g/mol. The Morgan fingerprint density at radius 2 is 1.79 bits per heavy atom. The monoisotopic (exact) mass is 360 g/mol. The van der Waals surface area contributed by atoms with Gasteiger partial charge in [-0.25, -0.2) is 0 Å². The second-order valence-electron chi connectivity index (χ2n) is 5.19. The zero-order chi connectivity index (χ0) is 17.3. The molecular formula is C17H13ClN2O3S. The molecule has 5 nitrogen and oxygen atoms in total. The Balaban J connectivity index is 2.34. The van der Waals surface area contributed by atoms with Gasteiger partial charge in [-0.3, -0.25) is 4.79 Å². The lowest BCUT2D eigenvalue weighted by molar-refractivity contribution is 0.101. The molecule has 1 aromatic heterocycles. The molecule has 0 aliphatic heterocycles. The van der Waals surface area contributed by atoms with Gasteiger partial charge in [0.15, 0.2) is 5.78 Å². The fraction of sp³-hybridized carbons (Fsp3) is 0.0588. The molecule has 0 radical (unpaired) electrons. The summed E-state index contributed by atoms with van der Waals surface area (Å²) in [4.78, 5) is 14.7. The highest BCUT2D eigenvalue weighted by molar-refractivity contribution is 7.90. The first-order valence-corrected chi connectivity index (χ1v) is 8.88. The number of nitrogens with zero attached hydrogens (tertiary/aromatic N) is 1. The van der Waals surface area contributed by atoms with Crippen molar-refractivity contribution in [2.45, 2.75) is 11.8 Å². The van der Waals surface area contributed by atoms with E-state index in [1.807, 2.05) is 0 Å². The number of fused-ring (bicyclic) bond motifs is 1. The number of sulfonamides is 1. The number of aromatic amines is 1. The molecule has 3 rings (SSSR count). The van der Waals surface area contributed by atoms with Crippen LogP contribution in [0.5, 0.6) is 0 Å². The summed E-state index contributed by atoms with van der Waals surface area (Å²) in [5.41, 5.74) is 0.795. The quantitative estimate of drug-likeness (QED) is 0.728. The largest absolute Gasteiger partial charge is 0.352 e. The minimum absolute atomic E-state index is 0.0873. The first-order chi connectivity index (χ1) is 11.4. The first kappa shape index (κ1) is 16.4. The number of carbonyl (C=O) groups excluding carboxylic acids is 1. The number of hydrogen-bond acceptors (Lipinski definition) is 3. The minimum atomic E-state index is -3.89. The van der Waals surface area contributed by atoms with Gasteiger partial charge >= 0.3 is 0 Å². The summed E-state index contributed by atoms with van der Waals surface area (Å²) in [5, 5.41) is 1.22. The highest BCUT2D eigenvalue weighted by atomic mass is 35.5. The van der Waals surface area contributed by atoms with Crippen molar-refractivity contribution in [1.82, 2.24) is 4.98 Å². The van der Waals surface area contributed by atoms with Gasteiger partial charge in [-0.2, -0.15) is 12.8 Å². The zero-order valence-electron chi connectivity index (χ0n) is 12.7. The lowest BCUT2D eigenvalue weighted by Crippen LogP contribution is -2.13. The molecule has 0 atom stereocenters. The Labute approximate surface area is 143 Å². The van der Waals surface area contributed by atoms with Crippen LogP contribution >= 0.6 is 11.6 Å². The Hall–Kier alpha value is -2.44. The van der Waals surface area contributed by atoms with E-state index in [2.05, 4.69) is 9.38 Å². The van der Waals surface area contributed by atoms with Crippen LogP contribution in [-0.2, 0) is 10.0 Å². The summed E-state index contributed by atoms with van der Waals surface area (Å²) < 4.78 is 28.9. The van der Waals surface area contributed by atoms with E-state index in [0.717, 1.165) is 0 Å². The maximum atomic E-state index is 12.5. The number of nitrogens with one attached hydrogen (secondary N) is 1. The van der Waals surface area contributed by atoms with E-state index in [-0.39, 0.29) is 21.7 Å². The number of halogens is 1. The zero-order valence-corrected chi connectivity index (χ0v) is 14.2. The van der Waals surface area contributed by atoms with Crippen LogP contribution in [0.25, 0.3) is 10.9 Å². The summed E-state index contributed by atoms with van der Waals surface area (Å²) in [6.45, 7) is 1.39. The van der Waals surface area contributed by atoms with Crippen LogP contribution in [0.15, 0.2) is 63.9 Å². The van der Waals surface area contributed by atoms with Crippen LogP contribution in [0, 0.1) is 0 Å². The number of hydrogen-bond donors (Lipinski definition) is 1. The number of aromatic nitrogens is 1. The summed E-state index contributed by atoms with van der Waals surface area (Å²) in [6, 6.07) is 14.3. The third-order valence-corrected chi connectivity index (χ3v) is 4.99. The first-order valence-electron chi connectivity index (χ1n) is 7.06. The van der Waals surface area contributed by atoms with Crippen molar-refractivity contribution in [2.75, 3.05) is 0 Å². The number of Topliss-reactive ketones (excluding diaryl/α,β-unsaturated/α-hetero) is 1. The number of ketones is 1. The number of carbonyl (C=O) groups is 1. The molecule has 0 saturated heterocycles. The highest BCUT2D eigenvalue weighted by Gasteiger charge is 2.13. The number of benzene rings is 2. The minimum Gasteiger partial charge on any atom is -0.352 e. The third kappa shape index (κ3) is 3.25. The lowest BCUT2D eigenvalue weighted by atomic mass is 10.1. The van der Waals surface area contributed by atoms with Crippen LogP contribution in [-0.4, -0.2) is 19.2 Å². The molecule has 0 fully saturated rings.